The number of likely N-dealkylation sites (N-methyl/N-ethyl adjacent to an activating group) is 2. The van der Waals surface area contributed by atoms with Crippen LogP contribution in [0, 0.1) is 0 Å². The van der Waals surface area contributed by atoms with Gasteiger partial charge in [0, 0.05) is 27.2 Å². The number of amides is 2. The molecule has 0 atom stereocenters. The van der Waals surface area contributed by atoms with Crippen LogP contribution in [-0.2, 0) is 29.8 Å². The molecule has 0 fully saturated rings. The van der Waals surface area contributed by atoms with Crippen LogP contribution in [-0.4, -0.2) is 124 Å². The van der Waals surface area contributed by atoms with Gasteiger partial charge in [-0.3, -0.25) is 9.59 Å². The average Bonchev–Trinajstić information content (AvgIpc) is 2.92. The topological polar surface area (TPSA) is 155 Å². The summed E-state index contributed by atoms with van der Waals surface area (Å²) in [7, 11) is -5.54. The monoisotopic (exact) mass is 676 g/mol. The first-order chi connectivity index (χ1) is 19.7. The second kappa shape index (κ2) is 30.2. The molecule has 0 rings (SSSR count). The van der Waals surface area contributed by atoms with Crippen molar-refractivity contribution in [3.05, 3.63) is 24.3 Å². The number of nitrogens with zero attached hydrogens (tertiary/aromatic N) is 2. The zero-order valence-electron chi connectivity index (χ0n) is 27.1. The molecule has 0 aromatic heterocycles. The Morgan fingerprint density at radius 1 is 0.558 bits per heavy atom. The summed E-state index contributed by atoms with van der Waals surface area (Å²) < 4.78 is 62.8. The minimum Gasteiger partial charge on any atom is -0.748 e. The van der Waals surface area contributed by atoms with E-state index in [1.165, 1.54) is 113 Å². The van der Waals surface area contributed by atoms with Crippen molar-refractivity contribution < 1.29 is 35.5 Å². The van der Waals surface area contributed by atoms with Crippen molar-refractivity contribution in [2.45, 2.75) is 117 Å². The van der Waals surface area contributed by atoms with Crippen molar-refractivity contribution in [1.82, 2.24) is 9.80 Å². The van der Waals surface area contributed by atoms with Crippen molar-refractivity contribution in [2.75, 3.05) is 38.7 Å². The third-order valence-corrected chi connectivity index (χ3v) is 7.94. The van der Waals surface area contributed by atoms with Gasteiger partial charge in [-0.2, -0.15) is 0 Å². The molecule has 0 aliphatic rings. The van der Waals surface area contributed by atoms with Crippen molar-refractivity contribution in [1.29, 1.82) is 0 Å². The maximum atomic E-state index is 11.6. The Morgan fingerprint density at radius 3 is 1.12 bits per heavy atom. The fourth-order valence-corrected chi connectivity index (χ4v) is 4.77. The first-order valence-electron chi connectivity index (χ1n) is 15.4. The second-order valence-electron chi connectivity index (χ2n) is 10.7. The van der Waals surface area contributed by atoms with E-state index in [9.17, 15) is 35.5 Å². The van der Waals surface area contributed by atoms with Crippen molar-refractivity contribution in [2.24, 2.45) is 0 Å². The molecule has 0 bridgehead atoms. The molecule has 0 aliphatic carbocycles. The summed E-state index contributed by atoms with van der Waals surface area (Å²) in [6, 6.07) is 0. The Balaban J connectivity index is -0.000000727. The minimum atomic E-state index is -4.26. The third-order valence-electron chi connectivity index (χ3n) is 6.58. The summed E-state index contributed by atoms with van der Waals surface area (Å²) in [5, 5.41) is 0. The molecule has 0 aromatic carbocycles. The summed E-state index contributed by atoms with van der Waals surface area (Å²) in [6.07, 6.45) is 25.5. The van der Waals surface area contributed by atoms with Crippen molar-refractivity contribution >= 4 is 69.8 Å². The van der Waals surface area contributed by atoms with E-state index in [-0.39, 0.29) is 62.6 Å². The fourth-order valence-electron chi connectivity index (χ4n) is 3.78. The third kappa shape index (κ3) is 37.6. The second-order valence-corrected chi connectivity index (χ2v) is 13.7. The van der Waals surface area contributed by atoms with Crippen LogP contribution in [0.5, 0.6) is 0 Å². The number of rotatable bonds is 24. The SMILES string of the molecule is CCCCCCCCC/C=C/C(=O)N(C)CCS(=O)(=O)[O-].CCCCCCCCC/C=C/C(=O)N(C)CCS(=O)(=O)[O-].[Ca+2]. The molecule has 0 unspecified atom stereocenters. The van der Waals surface area contributed by atoms with E-state index in [1.807, 2.05) is 12.2 Å². The Bertz CT molecular complexity index is 893. The first-order valence-corrected chi connectivity index (χ1v) is 18.6. The van der Waals surface area contributed by atoms with E-state index in [0.29, 0.717) is 0 Å². The maximum absolute atomic E-state index is 11.6. The van der Waals surface area contributed by atoms with Crippen LogP contribution in [0.4, 0.5) is 0 Å². The summed E-state index contributed by atoms with van der Waals surface area (Å²) in [5.74, 6) is -1.61. The molecule has 0 radical (unpaired) electrons. The van der Waals surface area contributed by atoms with E-state index in [1.54, 1.807) is 0 Å². The van der Waals surface area contributed by atoms with Gasteiger partial charge in [-0.25, -0.2) is 16.8 Å². The van der Waals surface area contributed by atoms with Gasteiger partial charge in [0.15, 0.2) is 0 Å². The van der Waals surface area contributed by atoms with Gasteiger partial charge >= 0.3 is 37.7 Å². The molecule has 0 N–H and O–H groups in total. The van der Waals surface area contributed by atoms with Crippen LogP contribution in [0.3, 0.4) is 0 Å². The zero-order valence-corrected chi connectivity index (χ0v) is 31.0. The summed E-state index contributed by atoms with van der Waals surface area (Å²) in [6.45, 7) is 4.27. The average molecular weight is 677 g/mol. The molecular formula is C30H56CaN2O8S2. The molecule has 0 spiro atoms. The number of allylic oxidation sites excluding steroid dienone is 2. The number of carbonyl (C=O) groups is 2. The van der Waals surface area contributed by atoms with E-state index in [4.69, 9.17) is 0 Å². The molecular weight excluding hydrogens is 621 g/mol. The van der Waals surface area contributed by atoms with E-state index in [0.717, 1.165) is 25.7 Å². The van der Waals surface area contributed by atoms with E-state index >= 15 is 0 Å². The quantitative estimate of drug-likeness (QED) is 0.0599. The van der Waals surface area contributed by atoms with Crippen LogP contribution in [0.2, 0.25) is 0 Å². The Labute approximate surface area is 292 Å². The Kier molecular flexibility index (Phi) is 32.9. The van der Waals surface area contributed by atoms with Gasteiger partial charge in [-0.05, 0) is 37.8 Å². The maximum Gasteiger partial charge on any atom is 2.00 e. The predicted molar refractivity (Wildman–Crippen MR) is 174 cm³/mol. The Hall–Kier alpha value is -0.500. The molecule has 10 nitrogen and oxygen atoms in total. The molecule has 43 heavy (non-hydrogen) atoms. The summed E-state index contributed by atoms with van der Waals surface area (Å²) >= 11 is 0. The molecule has 0 aliphatic heterocycles. The molecule has 0 saturated carbocycles. The van der Waals surface area contributed by atoms with Crippen LogP contribution >= 0.6 is 0 Å². The molecule has 0 aromatic rings. The van der Waals surface area contributed by atoms with Crippen LogP contribution in [0.1, 0.15) is 117 Å². The first kappa shape index (κ1) is 46.9. The number of unbranched alkanes of at least 4 members (excludes halogenated alkanes) is 14. The van der Waals surface area contributed by atoms with Gasteiger partial charge < -0.3 is 18.9 Å². The van der Waals surface area contributed by atoms with Crippen molar-refractivity contribution in [3.8, 4) is 0 Å². The smallest absolute Gasteiger partial charge is 0.748 e. The van der Waals surface area contributed by atoms with Gasteiger partial charge in [0.2, 0.25) is 11.8 Å². The predicted octanol–water partition coefficient (Wildman–Crippen LogP) is 4.99. The van der Waals surface area contributed by atoms with Gasteiger partial charge in [-0.1, -0.05) is 103 Å². The largest absolute Gasteiger partial charge is 2.00 e. The van der Waals surface area contributed by atoms with Gasteiger partial charge in [0.25, 0.3) is 0 Å². The van der Waals surface area contributed by atoms with Gasteiger partial charge in [0.05, 0.1) is 31.7 Å². The Morgan fingerprint density at radius 2 is 0.837 bits per heavy atom. The molecule has 248 valence electrons. The van der Waals surface area contributed by atoms with Crippen LogP contribution in [0.15, 0.2) is 24.3 Å². The molecule has 0 heterocycles. The molecule has 13 heteroatoms. The van der Waals surface area contributed by atoms with Crippen LogP contribution < -0.4 is 0 Å². The van der Waals surface area contributed by atoms with E-state index < -0.39 is 31.7 Å². The standard InChI is InChI=1S/2C15H29NO4S.Ca/c2*1-3-4-5-6-7-8-9-10-11-12-15(17)16(2)13-14-21(18,19)20;/h2*11-12H,3-10,13-14H2,1-2H3,(H,18,19,20);/q;;+2/p-2/b2*12-11+;. The zero-order chi connectivity index (χ0) is 32.3. The normalized spacial score (nSPS) is 11.7. The molecule has 2 amide bonds. The summed E-state index contributed by atoms with van der Waals surface area (Å²) in [4.78, 5) is 25.7. The van der Waals surface area contributed by atoms with Gasteiger partial charge in [0.1, 0.15) is 0 Å². The minimum absolute atomic E-state index is 0. The fraction of sp³-hybridized carbons (Fsp3) is 0.800. The van der Waals surface area contributed by atoms with Crippen LogP contribution in [0.25, 0.3) is 0 Å². The van der Waals surface area contributed by atoms with Crippen molar-refractivity contribution in [3.63, 3.8) is 0 Å². The summed E-state index contributed by atoms with van der Waals surface area (Å²) in [5.41, 5.74) is 0. The number of hydrogen-bond donors (Lipinski definition) is 0. The van der Waals surface area contributed by atoms with E-state index in [2.05, 4.69) is 13.8 Å². The number of carbonyl (C=O) groups excluding carboxylic acids is 2. The molecule has 0 saturated heterocycles. The van der Waals surface area contributed by atoms with Gasteiger partial charge in [-0.15, -0.1) is 0 Å². The number of hydrogen-bond acceptors (Lipinski definition) is 8.